The van der Waals surface area contributed by atoms with Crippen molar-refractivity contribution in [2.45, 2.75) is 0 Å². The third-order valence-corrected chi connectivity index (χ3v) is 10.8. The van der Waals surface area contributed by atoms with Gasteiger partial charge in [-0.15, -0.1) is 11.3 Å². The quantitative estimate of drug-likeness (QED) is 0.181. The molecule has 0 unspecified atom stereocenters. The lowest BCUT2D eigenvalue weighted by atomic mass is 9.84. The molecule has 10 rings (SSSR count). The molecule has 0 bridgehead atoms. The molecule has 0 amide bonds. The molecule has 2 heterocycles. The van der Waals surface area contributed by atoms with E-state index in [1.807, 2.05) is 11.3 Å². The van der Waals surface area contributed by atoms with Crippen LogP contribution in [0.3, 0.4) is 0 Å². The van der Waals surface area contributed by atoms with Crippen molar-refractivity contribution in [1.82, 2.24) is 4.98 Å². The van der Waals surface area contributed by atoms with E-state index in [4.69, 9.17) is 4.98 Å². The summed E-state index contributed by atoms with van der Waals surface area (Å²) in [6.07, 6.45) is 0. The Morgan fingerprint density at radius 2 is 0.872 bits per heavy atom. The zero-order valence-corrected chi connectivity index (χ0v) is 26.3. The summed E-state index contributed by atoms with van der Waals surface area (Å²) in [6.45, 7) is 0. The average Bonchev–Trinajstić information content (AvgIpc) is 3.51. The van der Waals surface area contributed by atoms with E-state index in [9.17, 15) is 0 Å². The highest BCUT2D eigenvalue weighted by Gasteiger charge is 2.19. The minimum atomic E-state index is 1.03. The molecule has 0 spiro atoms. The molecular formula is C45H27NS. The van der Waals surface area contributed by atoms with Gasteiger partial charge in [0, 0.05) is 21.0 Å². The van der Waals surface area contributed by atoms with Gasteiger partial charge in [0.2, 0.25) is 0 Å². The maximum absolute atomic E-state index is 5.15. The van der Waals surface area contributed by atoms with Crippen molar-refractivity contribution in [2.75, 3.05) is 0 Å². The normalized spacial score (nSPS) is 11.8. The van der Waals surface area contributed by atoms with Gasteiger partial charge in [-0.25, -0.2) is 4.98 Å². The highest BCUT2D eigenvalue weighted by Crippen LogP contribution is 2.47. The summed E-state index contributed by atoms with van der Waals surface area (Å²) in [4.78, 5) is 5.15. The Morgan fingerprint density at radius 3 is 1.57 bits per heavy atom. The van der Waals surface area contributed by atoms with Crippen LogP contribution >= 0.6 is 11.3 Å². The smallest absolute Gasteiger partial charge is 0.0902 e. The van der Waals surface area contributed by atoms with Crippen LogP contribution < -0.4 is 0 Å². The molecule has 218 valence electrons. The number of nitrogens with zero attached hydrogens (tertiary/aromatic N) is 1. The van der Waals surface area contributed by atoms with Crippen molar-refractivity contribution in [3.8, 4) is 33.4 Å². The topological polar surface area (TPSA) is 12.9 Å². The monoisotopic (exact) mass is 613 g/mol. The largest absolute Gasteiger partial charge is 0.246 e. The first-order chi connectivity index (χ1) is 23.3. The third-order valence-electron chi connectivity index (χ3n) is 9.65. The second-order valence-corrected chi connectivity index (χ2v) is 13.3. The molecule has 8 aromatic carbocycles. The molecule has 2 aromatic heterocycles. The summed E-state index contributed by atoms with van der Waals surface area (Å²) < 4.78 is 2.51. The van der Waals surface area contributed by atoms with E-state index >= 15 is 0 Å². The lowest BCUT2D eigenvalue weighted by Crippen LogP contribution is -1.92. The van der Waals surface area contributed by atoms with Crippen molar-refractivity contribution in [2.24, 2.45) is 0 Å². The van der Waals surface area contributed by atoms with Gasteiger partial charge in [0.1, 0.15) is 0 Å². The molecule has 0 saturated carbocycles. The van der Waals surface area contributed by atoms with E-state index in [0.717, 1.165) is 11.0 Å². The SMILES string of the molecule is c1ccc2c(-c3c4ccccc4c(-c4ccc(-c5c6ccccc6nc6c5sc5ccccc56)cc4)c4ccccc34)cccc2c1. The summed E-state index contributed by atoms with van der Waals surface area (Å²) in [5.41, 5.74) is 9.66. The van der Waals surface area contributed by atoms with Crippen LogP contribution in [0.2, 0.25) is 0 Å². The van der Waals surface area contributed by atoms with E-state index in [1.165, 1.54) is 85.9 Å². The Hall–Kier alpha value is -5.83. The Morgan fingerprint density at radius 1 is 0.362 bits per heavy atom. The van der Waals surface area contributed by atoms with Gasteiger partial charge in [0.25, 0.3) is 0 Å². The number of hydrogen-bond donors (Lipinski definition) is 0. The average molecular weight is 614 g/mol. The number of benzene rings is 8. The summed E-state index contributed by atoms with van der Waals surface area (Å²) in [5, 5.41) is 10.0. The summed E-state index contributed by atoms with van der Waals surface area (Å²) >= 11 is 1.84. The van der Waals surface area contributed by atoms with E-state index in [2.05, 4.69) is 164 Å². The Bertz CT molecular complexity index is 2780. The number of thiophene rings is 1. The van der Waals surface area contributed by atoms with Crippen LogP contribution in [0, 0.1) is 0 Å². The minimum absolute atomic E-state index is 1.03. The zero-order chi connectivity index (χ0) is 30.9. The predicted octanol–water partition coefficient (Wildman–Crippen LogP) is 13.1. The molecule has 0 fully saturated rings. The Labute approximate surface area is 276 Å². The summed E-state index contributed by atoms with van der Waals surface area (Å²) in [5.74, 6) is 0. The highest BCUT2D eigenvalue weighted by molar-refractivity contribution is 7.26. The fraction of sp³-hybridized carbons (Fsp3) is 0. The fourth-order valence-corrected chi connectivity index (χ4v) is 8.82. The molecule has 47 heavy (non-hydrogen) atoms. The first-order valence-corrected chi connectivity index (χ1v) is 16.9. The molecule has 2 heteroatoms. The van der Waals surface area contributed by atoms with Gasteiger partial charge in [-0.1, -0.05) is 152 Å². The molecule has 0 aliphatic rings. The van der Waals surface area contributed by atoms with Gasteiger partial charge in [-0.05, 0) is 72.3 Å². The molecule has 0 N–H and O–H groups in total. The number of fused-ring (bicyclic) bond motifs is 7. The molecular weight excluding hydrogens is 587 g/mol. The molecule has 0 saturated heterocycles. The van der Waals surface area contributed by atoms with Gasteiger partial charge < -0.3 is 0 Å². The van der Waals surface area contributed by atoms with E-state index in [1.54, 1.807) is 0 Å². The van der Waals surface area contributed by atoms with Crippen molar-refractivity contribution in [1.29, 1.82) is 0 Å². The van der Waals surface area contributed by atoms with Crippen LogP contribution in [0.5, 0.6) is 0 Å². The molecule has 0 aliphatic heterocycles. The van der Waals surface area contributed by atoms with Crippen LogP contribution in [-0.2, 0) is 0 Å². The highest BCUT2D eigenvalue weighted by atomic mass is 32.1. The van der Waals surface area contributed by atoms with Crippen molar-refractivity contribution in [3.05, 3.63) is 164 Å². The van der Waals surface area contributed by atoms with Gasteiger partial charge >= 0.3 is 0 Å². The number of pyridine rings is 1. The van der Waals surface area contributed by atoms with Crippen molar-refractivity contribution >= 4 is 74.9 Å². The first-order valence-electron chi connectivity index (χ1n) is 16.1. The molecule has 1 nitrogen and oxygen atoms in total. The molecule has 0 aliphatic carbocycles. The summed E-state index contributed by atoms with van der Waals surface area (Å²) in [6, 6.07) is 59.6. The van der Waals surface area contributed by atoms with E-state index in [0.29, 0.717) is 0 Å². The van der Waals surface area contributed by atoms with Gasteiger partial charge in [-0.2, -0.15) is 0 Å². The van der Waals surface area contributed by atoms with E-state index < -0.39 is 0 Å². The third kappa shape index (κ3) is 3.99. The standard InChI is InChI=1S/C45H27NS/c1-2-14-31-28(12-1)13-11-21-32(31)43-35-17-5-3-15-33(35)41(34-16-4-6-18-36(34)43)29-24-26-30(27-25-29)42-37-19-7-9-22-39(37)46-44-38-20-8-10-23-40(38)47-45(42)44/h1-27H. The fourth-order valence-electron chi connectivity index (χ4n) is 7.60. The van der Waals surface area contributed by atoms with Crippen LogP contribution in [0.4, 0.5) is 0 Å². The van der Waals surface area contributed by atoms with E-state index in [-0.39, 0.29) is 0 Å². The number of rotatable bonds is 3. The second-order valence-electron chi connectivity index (χ2n) is 12.2. The lowest BCUT2D eigenvalue weighted by Gasteiger charge is -2.19. The predicted molar refractivity (Wildman–Crippen MR) is 203 cm³/mol. The maximum atomic E-state index is 5.15. The van der Waals surface area contributed by atoms with Crippen LogP contribution in [0.15, 0.2) is 164 Å². The maximum Gasteiger partial charge on any atom is 0.0902 e. The van der Waals surface area contributed by atoms with Crippen molar-refractivity contribution < 1.29 is 0 Å². The second kappa shape index (κ2) is 10.3. The lowest BCUT2D eigenvalue weighted by molar-refractivity contribution is 1.52. The van der Waals surface area contributed by atoms with Gasteiger partial charge in [-0.3, -0.25) is 0 Å². The minimum Gasteiger partial charge on any atom is -0.246 e. The first kappa shape index (κ1) is 26.4. The van der Waals surface area contributed by atoms with Crippen molar-refractivity contribution in [3.63, 3.8) is 0 Å². The van der Waals surface area contributed by atoms with Crippen LogP contribution in [0.25, 0.3) is 96.9 Å². The Balaban J connectivity index is 1.23. The number of para-hydroxylation sites is 1. The van der Waals surface area contributed by atoms with Crippen LogP contribution in [-0.4, -0.2) is 4.98 Å². The van der Waals surface area contributed by atoms with Gasteiger partial charge in [0.15, 0.2) is 0 Å². The van der Waals surface area contributed by atoms with Crippen LogP contribution in [0.1, 0.15) is 0 Å². The molecule has 10 aromatic rings. The van der Waals surface area contributed by atoms with Gasteiger partial charge in [0.05, 0.1) is 15.7 Å². The molecule has 0 atom stereocenters. The number of hydrogen-bond acceptors (Lipinski definition) is 2. The number of aromatic nitrogens is 1. The summed E-state index contributed by atoms with van der Waals surface area (Å²) in [7, 11) is 0. The molecule has 0 radical (unpaired) electrons. The Kier molecular flexibility index (Phi) is 5.81. The zero-order valence-electron chi connectivity index (χ0n) is 25.4.